The van der Waals surface area contributed by atoms with Crippen molar-refractivity contribution < 1.29 is 0 Å². The number of benzene rings is 7. The predicted octanol–water partition coefficient (Wildman–Crippen LogP) is 13.1. The number of pyridine rings is 1. The molecule has 0 amide bonds. The lowest BCUT2D eigenvalue weighted by atomic mass is 9.87. The number of rotatable bonds is 4. The summed E-state index contributed by atoms with van der Waals surface area (Å²) < 4.78 is 2.37. The SMILES string of the molecule is C1=C(c2ccc3c(c2)c2ccc(-c4ccccc4)cc2n3C2=Nc3ccccc3NC2c2ccccn2)C=C2c3c(ccc4ccccc34)N(c3ccccc3)C2C1. The first-order valence-electron chi connectivity index (χ1n) is 20.0. The van der Waals surface area contributed by atoms with Crippen LogP contribution in [0.1, 0.15) is 29.3 Å². The van der Waals surface area contributed by atoms with Gasteiger partial charge in [-0.05, 0) is 112 Å². The van der Waals surface area contributed by atoms with E-state index in [4.69, 9.17) is 9.98 Å². The highest BCUT2D eigenvalue weighted by Crippen LogP contribution is 2.51. The summed E-state index contributed by atoms with van der Waals surface area (Å²) in [6.07, 6.45) is 7.67. The number of hydrogen-bond donors (Lipinski definition) is 1. The van der Waals surface area contributed by atoms with Gasteiger partial charge >= 0.3 is 0 Å². The molecule has 7 aromatic carbocycles. The normalized spacial score (nSPS) is 17.0. The van der Waals surface area contributed by atoms with E-state index < -0.39 is 0 Å². The Kier molecular flexibility index (Phi) is 7.35. The number of nitrogens with zero attached hydrogens (tertiary/aromatic N) is 4. The molecule has 2 aliphatic heterocycles. The Hall–Kier alpha value is -7.50. The molecular weight excluding hydrogens is 707 g/mol. The molecule has 2 aromatic heterocycles. The lowest BCUT2D eigenvalue weighted by molar-refractivity contribution is 0.831. The fourth-order valence-electron chi connectivity index (χ4n) is 9.50. The van der Waals surface area contributed by atoms with Crippen LogP contribution in [0.2, 0.25) is 0 Å². The van der Waals surface area contributed by atoms with Crippen molar-refractivity contribution in [1.29, 1.82) is 0 Å². The molecule has 12 rings (SSSR count). The number of aromatic nitrogens is 2. The minimum absolute atomic E-state index is 0.220. The zero-order valence-electron chi connectivity index (χ0n) is 31.6. The Balaban J connectivity index is 1.05. The molecule has 9 aromatic rings. The van der Waals surface area contributed by atoms with Gasteiger partial charge in [0.05, 0.1) is 34.1 Å². The Morgan fingerprint density at radius 3 is 2.26 bits per heavy atom. The summed E-state index contributed by atoms with van der Waals surface area (Å²) >= 11 is 0. The molecule has 0 radical (unpaired) electrons. The van der Waals surface area contributed by atoms with E-state index in [9.17, 15) is 0 Å². The third-order valence-electron chi connectivity index (χ3n) is 12.1. The summed E-state index contributed by atoms with van der Waals surface area (Å²) in [7, 11) is 0. The fourth-order valence-corrected chi connectivity index (χ4v) is 9.50. The average Bonchev–Trinajstić information content (AvgIpc) is 3.81. The molecule has 0 saturated carbocycles. The lowest BCUT2D eigenvalue weighted by Gasteiger charge is -2.29. The van der Waals surface area contributed by atoms with E-state index in [-0.39, 0.29) is 12.1 Å². The van der Waals surface area contributed by atoms with Crippen LogP contribution in [-0.4, -0.2) is 21.4 Å². The fraction of sp³-hybridized carbons (Fsp3) is 0.0566. The van der Waals surface area contributed by atoms with Gasteiger partial charge in [-0.3, -0.25) is 9.55 Å². The minimum atomic E-state index is -0.262. The van der Waals surface area contributed by atoms with Gasteiger partial charge in [0.2, 0.25) is 0 Å². The van der Waals surface area contributed by atoms with Crippen molar-refractivity contribution >= 4 is 72.3 Å². The van der Waals surface area contributed by atoms with Crippen LogP contribution >= 0.6 is 0 Å². The number of nitrogens with one attached hydrogen (secondary N) is 1. The first-order chi connectivity index (χ1) is 28.8. The molecule has 0 saturated heterocycles. The predicted molar refractivity (Wildman–Crippen MR) is 241 cm³/mol. The first-order valence-corrected chi connectivity index (χ1v) is 20.0. The van der Waals surface area contributed by atoms with Crippen molar-refractivity contribution in [2.24, 2.45) is 4.99 Å². The van der Waals surface area contributed by atoms with E-state index in [2.05, 4.69) is 197 Å². The van der Waals surface area contributed by atoms with E-state index in [0.717, 1.165) is 45.9 Å². The summed E-state index contributed by atoms with van der Waals surface area (Å²) in [5.41, 5.74) is 15.1. The molecule has 5 heteroatoms. The highest BCUT2D eigenvalue weighted by Gasteiger charge is 2.37. The highest BCUT2D eigenvalue weighted by molar-refractivity contribution is 6.18. The van der Waals surface area contributed by atoms with E-state index in [0.29, 0.717) is 0 Å². The van der Waals surface area contributed by atoms with Crippen molar-refractivity contribution in [1.82, 2.24) is 9.55 Å². The summed E-state index contributed by atoms with van der Waals surface area (Å²) in [4.78, 5) is 12.8. The molecule has 2 unspecified atom stereocenters. The molecule has 2 atom stereocenters. The number of fused-ring (bicyclic) bond motifs is 9. The van der Waals surface area contributed by atoms with Crippen molar-refractivity contribution in [2.45, 2.75) is 18.5 Å². The average molecular weight is 744 g/mol. The van der Waals surface area contributed by atoms with Crippen molar-refractivity contribution in [2.75, 3.05) is 10.2 Å². The molecule has 5 nitrogen and oxygen atoms in total. The van der Waals surface area contributed by atoms with Gasteiger partial charge in [-0.15, -0.1) is 0 Å². The van der Waals surface area contributed by atoms with Crippen LogP contribution in [0.15, 0.2) is 199 Å². The maximum atomic E-state index is 5.43. The van der Waals surface area contributed by atoms with Gasteiger partial charge in [-0.25, -0.2) is 4.99 Å². The summed E-state index contributed by atoms with van der Waals surface area (Å²) in [5.74, 6) is 0.896. The number of hydrogen-bond acceptors (Lipinski definition) is 4. The zero-order chi connectivity index (χ0) is 38.2. The maximum Gasteiger partial charge on any atom is 0.143 e. The van der Waals surface area contributed by atoms with E-state index >= 15 is 0 Å². The molecule has 4 heterocycles. The second kappa shape index (κ2) is 13.0. The van der Waals surface area contributed by atoms with Crippen molar-refractivity contribution in [3.8, 4) is 11.1 Å². The first kappa shape index (κ1) is 32.7. The van der Waals surface area contributed by atoms with Crippen LogP contribution in [0.25, 0.3) is 54.9 Å². The smallest absolute Gasteiger partial charge is 0.143 e. The molecule has 1 aliphatic carbocycles. The van der Waals surface area contributed by atoms with Gasteiger partial charge in [-0.2, -0.15) is 0 Å². The van der Waals surface area contributed by atoms with Crippen LogP contribution in [0.3, 0.4) is 0 Å². The van der Waals surface area contributed by atoms with Gasteiger partial charge in [0.15, 0.2) is 0 Å². The second-order valence-electron chi connectivity index (χ2n) is 15.4. The Labute approximate surface area is 336 Å². The Bertz CT molecular complexity index is 3180. The summed E-state index contributed by atoms with van der Waals surface area (Å²) in [6, 6.07) is 63.1. The molecule has 274 valence electrons. The van der Waals surface area contributed by atoms with Gasteiger partial charge in [0, 0.05) is 33.9 Å². The third kappa shape index (κ3) is 5.10. The molecule has 3 aliphatic rings. The number of aliphatic imine (C=N–C) groups is 1. The van der Waals surface area contributed by atoms with Crippen LogP contribution in [0.5, 0.6) is 0 Å². The van der Waals surface area contributed by atoms with Gasteiger partial charge < -0.3 is 10.2 Å². The standard InChI is InChI=1S/C53H37N5/c1-3-13-34(14-4-1)38-22-26-41-42-31-36(24-27-47(42)58(50(41)33-38)53-52(46-21-11-12-30-54-46)55-44-19-9-10-20-45(44)56-53)37-25-28-48-43(32-37)51-40-18-8-7-15-35(40)23-29-49(51)57(48)39-16-5-2-6-17-39/h1-27,29-33,48,52,55H,28H2. The number of para-hydroxylation sites is 3. The number of allylic oxidation sites excluding steroid dienone is 2. The molecule has 0 bridgehead atoms. The van der Waals surface area contributed by atoms with Crippen LogP contribution in [-0.2, 0) is 0 Å². The van der Waals surface area contributed by atoms with Gasteiger partial charge in [-0.1, -0.05) is 121 Å². The van der Waals surface area contributed by atoms with E-state index in [1.165, 1.54) is 60.8 Å². The summed E-state index contributed by atoms with van der Waals surface area (Å²) in [5, 5.41) is 8.76. The topological polar surface area (TPSA) is 45.5 Å². The molecular formula is C53H37N5. The molecule has 0 fully saturated rings. The maximum absolute atomic E-state index is 5.43. The van der Waals surface area contributed by atoms with Gasteiger partial charge in [0.1, 0.15) is 11.9 Å². The van der Waals surface area contributed by atoms with Gasteiger partial charge in [0.25, 0.3) is 0 Å². The van der Waals surface area contributed by atoms with E-state index in [1.54, 1.807) is 0 Å². The zero-order valence-corrected chi connectivity index (χ0v) is 31.6. The number of anilines is 3. The monoisotopic (exact) mass is 743 g/mol. The van der Waals surface area contributed by atoms with Crippen molar-refractivity contribution in [3.63, 3.8) is 0 Å². The Morgan fingerprint density at radius 1 is 0.586 bits per heavy atom. The molecule has 0 spiro atoms. The molecule has 58 heavy (non-hydrogen) atoms. The van der Waals surface area contributed by atoms with Crippen LogP contribution < -0.4 is 10.2 Å². The van der Waals surface area contributed by atoms with Crippen LogP contribution in [0, 0.1) is 0 Å². The molecule has 1 N–H and O–H groups in total. The summed E-state index contributed by atoms with van der Waals surface area (Å²) in [6.45, 7) is 0. The Morgan fingerprint density at radius 2 is 1.38 bits per heavy atom. The van der Waals surface area contributed by atoms with Crippen molar-refractivity contribution in [3.05, 3.63) is 211 Å². The van der Waals surface area contributed by atoms with E-state index in [1.807, 2.05) is 12.3 Å². The lowest BCUT2D eigenvalue weighted by Crippen LogP contribution is -2.30. The largest absolute Gasteiger partial charge is 0.369 e. The highest BCUT2D eigenvalue weighted by atomic mass is 15.2. The second-order valence-corrected chi connectivity index (χ2v) is 15.4. The van der Waals surface area contributed by atoms with Crippen LogP contribution in [0.4, 0.5) is 22.7 Å². The third-order valence-corrected chi connectivity index (χ3v) is 12.1. The quantitative estimate of drug-likeness (QED) is 0.195. The minimum Gasteiger partial charge on any atom is -0.369 e.